The lowest BCUT2D eigenvalue weighted by atomic mass is 10.1. The van der Waals surface area contributed by atoms with Crippen LogP contribution in [0.4, 0.5) is 0 Å². The number of nitrogens with zero attached hydrogens (tertiary/aromatic N) is 1. The van der Waals surface area contributed by atoms with Crippen LogP contribution in [-0.4, -0.2) is 37.5 Å². The third kappa shape index (κ3) is 3.50. The van der Waals surface area contributed by atoms with Crippen molar-refractivity contribution in [2.24, 2.45) is 0 Å². The summed E-state index contributed by atoms with van der Waals surface area (Å²) in [7, 11) is -3.54. The Bertz CT molecular complexity index is 666. The molecular weight excluding hydrogens is 286 g/mol. The average molecular weight is 305 g/mol. The van der Waals surface area contributed by atoms with Gasteiger partial charge in [0.1, 0.15) is 0 Å². The second-order valence-corrected chi connectivity index (χ2v) is 6.55. The summed E-state index contributed by atoms with van der Waals surface area (Å²) in [5.41, 5.74) is 2.02. The predicted molar refractivity (Wildman–Crippen MR) is 83.4 cm³/mol. The van der Waals surface area contributed by atoms with Crippen molar-refractivity contribution in [1.29, 1.82) is 0 Å². The molecule has 112 valence electrons. The lowest BCUT2D eigenvalue weighted by Crippen LogP contribution is -2.33. The summed E-state index contributed by atoms with van der Waals surface area (Å²) in [5.74, 6) is 0. The van der Waals surface area contributed by atoms with E-state index in [-0.39, 0.29) is 18.0 Å². The van der Waals surface area contributed by atoms with Crippen LogP contribution in [0.15, 0.2) is 59.5 Å². The van der Waals surface area contributed by atoms with Crippen molar-refractivity contribution in [3.05, 3.63) is 54.6 Å². The van der Waals surface area contributed by atoms with E-state index in [1.807, 2.05) is 30.3 Å². The van der Waals surface area contributed by atoms with Crippen molar-refractivity contribution in [1.82, 2.24) is 4.31 Å². The van der Waals surface area contributed by atoms with Crippen LogP contribution in [-0.2, 0) is 10.0 Å². The van der Waals surface area contributed by atoms with Gasteiger partial charge in [-0.1, -0.05) is 49.4 Å². The molecule has 0 aliphatic rings. The zero-order valence-electron chi connectivity index (χ0n) is 11.9. The van der Waals surface area contributed by atoms with E-state index in [2.05, 4.69) is 0 Å². The number of sulfonamides is 1. The molecule has 0 aliphatic heterocycles. The highest BCUT2D eigenvalue weighted by Gasteiger charge is 2.22. The molecule has 0 atom stereocenters. The third-order valence-corrected chi connectivity index (χ3v) is 5.29. The van der Waals surface area contributed by atoms with E-state index in [0.29, 0.717) is 6.54 Å². The van der Waals surface area contributed by atoms with Gasteiger partial charge in [0.15, 0.2) is 0 Å². The van der Waals surface area contributed by atoms with E-state index in [1.54, 1.807) is 31.2 Å². The van der Waals surface area contributed by atoms with Crippen molar-refractivity contribution in [3.63, 3.8) is 0 Å². The van der Waals surface area contributed by atoms with E-state index in [1.165, 1.54) is 4.31 Å². The quantitative estimate of drug-likeness (QED) is 0.891. The number of rotatable bonds is 6. The predicted octanol–water partition coefficient (Wildman–Crippen LogP) is 2.36. The van der Waals surface area contributed by atoms with E-state index >= 15 is 0 Å². The molecule has 5 heteroatoms. The molecule has 0 unspecified atom stereocenters. The average Bonchev–Trinajstić information content (AvgIpc) is 2.53. The van der Waals surface area contributed by atoms with Gasteiger partial charge < -0.3 is 5.11 Å². The van der Waals surface area contributed by atoms with Crippen LogP contribution < -0.4 is 0 Å². The molecule has 0 saturated heterocycles. The van der Waals surface area contributed by atoms with Crippen LogP contribution in [0.3, 0.4) is 0 Å². The first-order valence-corrected chi connectivity index (χ1v) is 8.30. The topological polar surface area (TPSA) is 57.6 Å². The molecule has 2 aromatic carbocycles. The Labute approximate surface area is 125 Å². The minimum atomic E-state index is -3.54. The smallest absolute Gasteiger partial charge is 0.243 e. The molecule has 4 nitrogen and oxygen atoms in total. The molecule has 0 radical (unpaired) electrons. The standard InChI is InChI=1S/C16H19NO3S/c1-2-17(12-13-18)21(19,20)16-10-8-15(9-11-16)14-6-4-3-5-7-14/h3-11,18H,2,12-13H2,1H3. The van der Waals surface area contributed by atoms with Gasteiger partial charge in [-0.3, -0.25) is 0 Å². The molecule has 0 bridgehead atoms. The van der Waals surface area contributed by atoms with Gasteiger partial charge in [-0.25, -0.2) is 8.42 Å². The SMILES string of the molecule is CCN(CCO)S(=O)(=O)c1ccc(-c2ccccc2)cc1. The molecule has 0 amide bonds. The molecule has 1 N–H and O–H groups in total. The van der Waals surface area contributed by atoms with Crippen LogP contribution in [0, 0.1) is 0 Å². The van der Waals surface area contributed by atoms with Crippen molar-refractivity contribution in [2.75, 3.05) is 19.7 Å². The molecule has 0 heterocycles. The zero-order valence-corrected chi connectivity index (χ0v) is 12.8. The maximum Gasteiger partial charge on any atom is 0.243 e. The van der Waals surface area contributed by atoms with Crippen molar-refractivity contribution in [3.8, 4) is 11.1 Å². The van der Waals surface area contributed by atoms with Crippen LogP contribution in [0.2, 0.25) is 0 Å². The van der Waals surface area contributed by atoms with Crippen molar-refractivity contribution < 1.29 is 13.5 Å². The van der Waals surface area contributed by atoms with Gasteiger partial charge in [0.25, 0.3) is 0 Å². The molecule has 0 aliphatic carbocycles. The first kappa shape index (κ1) is 15.7. The first-order chi connectivity index (χ1) is 10.1. The normalized spacial score (nSPS) is 11.8. The molecule has 0 fully saturated rings. The summed E-state index contributed by atoms with van der Waals surface area (Å²) in [5, 5.41) is 8.96. The summed E-state index contributed by atoms with van der Waals surface area (Å²) in [6, 6.07) is 16.6. The Morgan fingerprint density at radius 2 is 1.52 bits per heavy atom. The molecule has 21 heavy (non-hydrogen) atoms. The van der Waals surface area contributed by atoms with Gasteiger partial charge in [-0.05, 0) is 23.3 Å². The Hall–Kier alpha value is -1.69. The highest BCUT2D eigenvalue weighted by atomic mass is 32.2. The van der Waals surface area contributed by atoms with Crippen LogP contribution in [0.1, 0.15) is 6.92 Å². The van der Waals surface area contributed by atoms with Crippen molar-refractivity contribution in [2.45, 2.75) is 11.8 Å². The summed E-state index contributed by atoms with van der Waals surface area (Å²) in [6.07, 6.45) is 0. The Kier molecular flexibility index (Phi) is 5.12. The minimum absolute atomic E-state index is 0.110. The Morgan fingerprint density at radius 1 is 0.952 bits per heavy atom. The maximum absolute atomic E-state index is 12.4. The summed E-state index contributed by atoms with van der Waals surface area (Å²) < 4.78 is 26.1. The van der Waals surface area contributed by atoms with Crippen molar-refractivity contribution >= 4 is 10.0 Å². The number of hydrogen-bond donors (Lipinski definition) is 1. The van der Waals surface area contributed by atoms with Gasteiger partial charge in [-0.15, -0.1) is 0 Å². The summed E-state index contributed by atoms with van der Waals surface area (Å²) in [6.45, 7) is 2.02. The fraction of sp³-hybridized carbons (Fsp3) is 0.250. The van der Waals surface area contributed by atoms with Gasteiger partial charge in [0.2, 0.25) is 10.0 Å². The third-order valence-electron chi connectivity index (χ3n) is 3.30. The lowest BCUT2D eigenvalue weighted by molar-refractivity contribution is 0.257. The van der Waals surface area contributed by atoms with Gasteiger partial charge >= 0.3 is 0 Å². The largest absolute Gasteiger partial charge is 0.395 e. The van der Waals surface area contributed by atoms with Gasteiger partial charge in [-0.2, -0.15) is 4.31 Å². The van der Waals surface area contributed by atoms with Crippen LogP contribution >= 0.6 is 0 Å². The zero-order chi connectivity index (χ0) is 15.3. The van der Waals surface area contributed by atoms with Gasteiger partial charge in [0, 0.05) is 13.1 Å². The molecule has 2 rings (SSSR count). The fourth-order valence-electron chi connectivity index (χ4n) is 2.16. The summed E-state index contributed by atoms with van der Waals surface area (Å²) in [4.78, 5) is 0.248. The van der Waals surface area contributed by atoms with E-state index < -0.39 is 10.0 Å². The van der Waals surface area contributed by atoms with Gasteiger partial charge in [0.05, 0.1) is 11.5 Å². The van der Waals surface area contributed by atoms with E-state index in [4.69, 9.17) is 5.11 Å². The highest BCUT2D eigenvalue weighted by Crippen LogP contribution is 2.22. The maximum atomic E-state index is 12.4. The Balaban J connectivity index is 2.30. The molecular formula is C16H19NO3S. The molecule has 0 saturated carbocycles. The number of benzene rings is 2. The summed E-state index contributed by atoms with van der Waals surface area (Å²) >= 11 is 0. The number of aliphatic hydroxyl groups is 1. The Morgan fingerprint density at radius 3 is 2.05 bits per heavy atom. The fourth-order valence-corrected chi connectivity index (χ4v) is 3.60. The lowest BCUT2D eigenvalue weighted by Gasteiger charge is -2.19. The molecule has 2 aromatic rings. The molecule has 0 aromatic heterocycles. The second kappa shape index (κ2) is 6.85. The van der Waals surface area contributed by atoms with E-state index in [9.17, 15) is 8.42 Å². The molecule has 0 spiro atoms. The monoisotopic (exact) mass is 305 g/mol. The van der Waals surface area contributed by atoms with E-state index in [0.717, 1.165) is 11.1 Å². The second-order valence-electron chi connectivity index (χ2n) is 4.61. The number of likely N-dealkylation sites (N-methyl/N-ethyl adjacent to an activating group) is 1. The minimum Gasteiger partial charge on any atom is -0.395 e. The highest BCUT2D eigenvalue weighted by molar-refractivity contribution is 7.89. The number of hydrogen-bond acceptors (Lipinski definition) is 3. The number of aliphatic hydroxyl groups excluding tert-OH is 1. The first-order valence-electron chi connectivity index (χ1n) is 6.86. The van der Waals surface area contributed by atoms with Crippen LogP contribution in [0.5, 0.6) is 0 Å². The van der Waals surface area contributed by atoms with Crippen LogP contribution in [0.25, 0.3) is 11.1 Å².